The second-order valence-corrected chi connectivity index (χ2v) is 64.0. The van der Waals surface area contributed by atoms with Crippen molar-refractivity contribution in [2.24, 2.45) is 0 Å². The number of anilines is 5. The van der Waals surface area contributed by atoms with Crippen LogP contribution in [0.1, 0.15) is 22.3 Å². The lowest BCUT2D eigenvalue weighted by Crippen LogP contribution is -2.48. The Bertz CT molecular complexity index is 5550. The molecule has 12 aromatic carbocycles. The zero-order valence-electron chi connectivity index (χ0n) is 83.8. The first-order valence-electron chi connectivity index (χ1n) is 44.7. The third-order valence-corrected chi connectivity index (χ3v) is 36.1. The molecule has 712 valence electrons. The normalized spacial score (nSPS) is 11.7. The van der Waals surface area contributed by atoms with Gasteiger partial charge in [0.25, 0.3) is 0 Å². The molecular formula is C107H145FN5O11P5Si4. The Morgan fingerprint density at radius 1 is 0.248 bits per heavy atom. The Kier molecular flexibility index (Phi) is 44.2. The standard InChI is InChI=1S/C30H31FNO2P.C22H36NO2PSi2.2C19H28NO2PSi.C17H22NO3P/c1-32(2)27-20-26(31)14-15-28(27)35-29-19-24(16-22-10-6-4-7-11-22)18-25(30(29)34-21-33-3)17-23-12-8-5-9-13-23;1-23(2)18-12-10-11-13-19(18)26-20-14-17(27(4,5)6)15-21(28(7,8)9)22(20)25-16-24-3;1-20(2)15-10-7-8-11-16(15)23-17-12-9-13-18(24(4,5)6)19(17)22-14-21-3;1-20(2)16-9-7-8-10-18(16)23-19-13-15(24(4,5)6)11-12-17(19)22-14-21-3;1-18(2)13-8-5-6-10-15(13)22-16-11-7-9-14(20-4)17(16)21-12-19-3/h4-15,18-20,35H,16-17,21H2,1-3H3;10-15,26H,16H2,1-9H3;2*7-13,23H,14H2,1-6H3;5-11,22H,12H2,1-4H3. The number of methoxy groups -OCH3 is 6. The summed E-state index contributed by atoms with van der Waals surface area (Å²) in [7, 11) is 27.0. The summed E-state index contributed by atoms with van der Waals surface area (Å²) in [6, 6.07) is 88.6. The molecule has 0 radical (unpaired) electrons. The summed E-state index contributed by atoms with van der Waals surface area (Å²) in [6.07, 6.45) is 1.58. The Hall–Kier alpha value is -8.81. The molecule has 26 heteroatoms. The number of hydrogen-bond acceptors (Lipinski definition) is 16. The van der Waals surface area contributed by atoms with Crippen LogP contribution < -0.4 is 127 Å². The minimum Gasteiger partial charge on any atom is -0.493 e. The molecule has 0 amide bonds. The minimum atomic E-state index is -1.59. The Balaban J connectivity index is 0.000000207. The average Bonchev–Trinajstić information content (AvgIpc) is 0.786. The molecule has 0 N–H and O–H groups in total. The van der Waals surface area contributed by atoms with Gasteiger partial charge in [0.2, 0.25) is 0 Å². The zero-order valence-corrected chi connectivity index (χ0v) is 92.8. The summed E-state index contributed by atoms with van der Waals surface area (Å²) in [5, 5.41) is 18.1. The molecule has 133 heavy (non-hydrogen) atoms. The van der Waals surface area contributed by atoms with E-state index in [9.17, 15) is 4.39 Å². The third kappa shape index (κ3) is 33.8. The molecule has 0 saturated carbocycles. The predicted molar refractivity (Wildman–Crippen MR) is 593 cm³/mol. The van der Waals surface area contributed by atoms with Gasteiger partial charge >= 0.3 is 0 Å². The number of para-hydroxylation sites is 6. The number of halogens is 1. The minimum absolute atomic E-state index is 0.168. The highest BCUT2D eigenvalue weighted by molar-refractivity contribution is 7.57. The largest absolute Gasteiger partial charge is 0.493 e. The van der Waals surface area contributed by atoms with Crippen LogP contribution in [0.15, 0.2) is 255 Å². The fourth-order valence-electron chi connectivity index (χ4n) is 14.5. The van der Waals surface area contributed by atoms with Crippen molar-refractivity contribution in [1.82, 2.24) is 0 Å². The zero-order chi connectivity index (χ0) is 97.2. The highest BCUT2D eigenvalue weighted by atomic mass is 31.1. The van der Waals surface area contributed by atoms with Gasteiger partial charge in [0.15, 0.2) is 45.5 Å². The maximum absolute atomic E-state index is 14.0. The fraction of sp³-hybridized carbons (Fsp3) is 0.327. The molecule has 0 fully saturated rings. The highest BCUT2D eigenvalue weighted by Crippen LogP contribution is 2.36. The van der Waals surface area contributed by atoms with Crippen LogP contribution in [0.4, 0.5) is 32.8 Å². The van der Waals surface area contributed by atoms with Crippen molar-refractivity contribution in [1.29, 1.82) is 0 Å². The molecule has 0 bridgehead atoms. The Morgan fingerprint density at radius 3 is 1.03 bits per heavy atom. The quantitative estimate of drug-likeness (QED) is 0.0206. The van der Waals surface area contributed by atoms with Crippen molar-refractivity contribution in [3.63, 3.8) is 0 Å². The van der Waals surface area contributed by atoms with Gasteiger partial charge < -0.3 is 76.6 Å². The van der Waals surface area contributed by atoms with Crippen LogP contribution >= 0.6 is 42.9 Å². The molecular weight excluding hydrogens is 1820 g/mol. The predicted octanol–water partition coefficient (Wildman–Crippen LogP) is 17.3. The van der Waals surface area contributed by atoms with Crippen LogP contribution in [0.3, 0.4) is 0 Å². The number of benzene rings is 12. The number of rotatable bonds is 39. The van der Waals surface area contributed by atoms with Crippen molar-refractivity contribution in [2.45, 2.75) is 91.4 Å². The molecule has 0 aliphatic rings. The molecule has 0 aromatic heterocycles. The van der Waals surface area contributed by atoms with Crippen LogP contribution in [-0.4, -0.2) is 179 Å². The molecule has 0 saturated heterocycles. The van der Waals surface area contributed by atoms with E-state index in [4.69, 9.17) is 52.1 Å². The second kappa shape index (κ2) is 53.6. The summed E-state index contributed by atoms with van der Waals surface area (Å²) in [5.74, 6) is 5.08. The molecule has 5 unspecified atom stereocenters. The van der Waals surface area contributed by atoms with E-state index < -0.39 is 32.3 Å². The summed E-state index contributed by atoms with van der Waals surface area (Å²) in [5.41, 5.74) is 10.7. The lowest BCUT2D eigenvalue weighted by atomic mass is 9.98. The van der Waals surface area contributed by atoms with E-state index in [2.05, 4.69) is 367 Å². The summed E-state index contributed by atoms with van der Waals surface area (Å²) in [4.78, 5) is 10.6. The molecule has 5 atom stereocenters. The SMILES string of the molecule is COCOc1c(Cc2ccccc2)cc(Cc2ccccc2)cc1Pc1ccc(F)cc1N(C)C.COCOc1c(OC)cccc1Pc1ccccc1N(C)C.COCOc1c(Pc2ccccc2N(C)C)cc([Si](C)(C)C)cc1[Si](C)(C)C.COCOc1c(Pc2ccccc2N(C)C)cccc1[Si](C)(C)C.COCOc1ccc([Si](C)(C)C)cc1Pc1ccccc1N(C)C. The molecule has 0 aliphatic carbocycles. The van der Waals surface area contributed by atoms with Crippen LogP contribution in [0, 0.1) is 5.82 Å². The van der Waals surface area contributed by atoms with E-state index in [1.165, 1.54) is 103 Å². The van der Waals surface area contributed by atoms with Crippen molar-refractivity contribution in [3.05, 3.63) is 283 Å². The van der Waals surface area contributed by atoms with E-state index in [1.54, 1.807) is 48.7 Å². The van der Waals surface area contributed by atoms with Crippen molar-refractivity contribution in [2.75, 3.05) is 172 Å². The van der Waals surface area contributed by atoms with Crippen LogP contribution in [0.25, 0.3) is 0 Å². The summed E-state index contributed by atoms with van der Waals surface area (Å²) < 4.78 is 75.3. The monoisotopic (exact) mass is 1960 g/mol. The highest BCUT2D eigenvalue weighted by Gasteiger charge is 2.30. The maximum Gasteiger partial charge on any atom is 0.188 e. The molecule has 0 aliphatic heterocycles. The third-order valence-electron chi connectivity index (χ3n) is 21.3. The van der Waals surface area contributed by atoms with Gasteiger partial charge in [-0.1, -0.05) is 326 Å². The summed E-state index contributed by atoms with van der Waals surface area (Å²) in [6.45, 7) is 29.9. The lowest BCUT2D eigenvalue weighted by molar-refractivity contribution is 0.0499. The molecule has 12 aromatic rings. The van der Waals surface area contributed by atoms with Gasteiger partial charge in [-0.15, -0.1) is 0 Å². The topological polar surface area (TPSA) is 118 Å². The van der Waals surface area contributed by atoms with Gasteiger partial charge in [-0.05, 0) is 99.7 Å². The second-order valence-electron chi connectivity index (χ2n) is 37.2. The van der Waals surface area contributed by atoms with Crippen LogP contribution in [0.2, 0.25) is 78.6 Å². The van der Waals surface area contributed by atoms with Gasteiger partial charge in [0.05, 0.1) is 39.4 Å². The average molecular weight is 1960 g/mol. The maximum atomic E-state index is 14.0. The summed E-state index contributed by atoms with van der Waals surface area (Å²) >= 11 is 0. The van der Waals surface area contributed by atoms with Gasteiger partial charge in [-0.2, -0.15) is 0 Å². The van der Waals surface area contributed by atoms with Crippen LogP contribution in [-0.2, 0) is 36.5 Å². The first-order chi connectivity index (χ1) is 63.3. The van der Waals surface area contributed by atoms with Crippen LogP contribution in [0.5, 0.6) is 34.5 Å². The molecule has 12 rings (SSSR count). The molecule has 16 nitrogen and oxygen atoms in total. The van der Waals surface area contributed by atoms with E-state index in [0.717, 1.165) is 74.5 Å². The van der Waals surface area contributed by atoms with Gasteiger partial charge in [0.1, 0.15) is 28.8 Å². The smallest absolute Gasteiger partial charge is 0.188 e. The van der Waals surface area contributed by atoms with Gasteiger partial charge in [-0.3, -0.25) is 0 Å². The van der Waals surface area contributed by atoms with Crippen molar-refractivity contribution < 1.29 is 56.5 Å². The van der Waals surface area contributed by atoms with E-state index in [-0.39, 0.29) is 39.8 Å². The van der Waals surface area contributed by atoms with Gasteiger partial charge in [0, 0.05) is 194 Å². The number of ether oxygens (including phenoxy) is 11. The van der Waals surface area contributed by atoms with E-state index in [0.29, 0.717) is 42.9 Å². The van der Waals surface area contributed by atoms with Crippen molar-refractivity contribution >= 4 is 177 Å². The molecule has 0 heterocycles. The number of nitrogens with zero attached hydrogens (tertiary/aromatic N) is 5. The van der Waals surface area contributed by atoms with Gasteiger partial charge in [-0.25, -0.2) is 4.39 Å². The fourth-order valence-corrected chi connectivity index (χ4v) is 27.6. The number of hydrogen-bond donors (Lipinski definition) is 0. The van der Waals surface area contributed by atoms with E-state index >= 15 is 0 Å². The first-order valence-corrected chi connectivity index (χ1v) is 63.7. The van der Waals surface area contributed by atoms with E-state index in [1.807, 2.05) is 49.3 Å². The van der Waals surface area contributed by atoms with Crippen molar-refractivity contribution in [3.8, 4) is 34.5 Å². The Morgan fingerprint density at radius 2 is 0.602 bits per heavy atom. The lowest BCUT2D eigenvalue weighted by Gasteiger charge is -2.28. The molecule has 0 spiro atoms. The Labute approximate surface area is 808 Å². The first kappa shape index (κ1) is 110.